The Morgan fingerprint density at radius 2 is 1.69 bits per heavy atom. The van der Waals surface area contributed by atoms with Crippen LogP contribution in [0.3, 0.4) is 0 Å². The Bertz CT molecular complexity index is 1350. The first kappa shape index (κ1) is 20.4. The Kier molecular flexibility index (Phi) is 4.48. The van der Waals surface area contributed by atoms with Gasteiger partial charge in [-0.3, -0.25) is 0 Å². The van der Waals surface area contributed by atoms with Gasteiger partial charge in [0, 0.05) is 28.4 Å². The second-order valence-corrected chi connectivity index (χ2v) is 8.91. The highest BCUT2D eigenvalue weighted by atomic mass is 19.1. The molecule has 0 amide bonds. The molecule has 2 aliphatic heterocycles. The molecule has 0 atom stereocenters. The van der Waals surface area contributed by atoms with E-state index in [0.29, 0.717) is 28.0 Å². The predicted octanol–water partition coefficient (Wildman–Crippen LogP) is 7.58. The van der Waals surface area contributed by atoms with Crippen LogP contribution in [0.15, 0.2) is 48.5 Å². The molecule has 5 rings (SSSR count). The van der Waals surface area contributed by atoms with Crippen LogP contribution in [0.25, 0.3) is 28.5 Å². The minimum absolute atomic E-state index is 0.0371. The molecule has 0 spiro atoms. The fourth-order valence-electron chi connectivity index (χ4n) is 4.64. The largest absolute Gasteiger partial charge is 0.453 e. The van der Waals surface area contributed by atoms with Crippen molar-refractivity contribution in [1.82, 2.24) is 0 Å². The van der Waals surface area contributed by atoms with Gasteiger partial charge in [0.15, 0.2) is 11.6 Å². The number of halogens is 3. The molecule has 0 unspecified atom stereocenters. The van der Waals surface area contributed by atoms with E-state index in [0.717, 1.165) is 28.5 Å². The van der Waals surface area contributed by atoms with E-state index >= 15 is 0 Å². The maximum Gasteiger partial charge on any atom is 0.171 e. The molecule has 2 nitrogen and oxygen atoms in total. The average molecular weight is 433 g/mol. The molecule has 162 valence electrons. The number of ether oxygens (including phenoxy) is 1. The van der Waals surface area contributed by atoms with E-state index in [9.17, 15) is 13.2 Å². The first-order valence-corrected chi connectivity index (χ1v) is 10.4. The normalized spacial score (nSPS) is 17.0. The smallest absolute Gasteiger partial charge is 0.171 e. The van der Waals surface area contributed by atoms with Gasteiger partial charge in [0.25, 0.3) is 0 Å². The van der Waals surface area contributed by atoms with E-state index in [2.05, 4.69) is 25.2 Å². The molecule has 0 saturated heterocycles. The third kappa shape index (κ3) is 3.20. The summed E-state index contributed by atoms with van der Waals surface area (Å²) in [5.41, 5.74) is 5.40. The molecule has 3 aromatic carbocycles. The van der Waals surface area contributed by atoms with Crippen LogP contribution in [-0.2, 0) is 0 Å². The van der Waals surface area contributed by atoms with Gasteiger partial charge in [0.2, 0.25) is 0 Å². The van der Waals surface area contributed by atoms with Crippen LogP contribution in [0, 0.1) is 24.4 Å². The van der Waals surface area contributed by atoms with Crippen molar-refractivity contribution < 1.29 is 17.9 Å². The molecule has 1 N–H and O–H groups in total. The van der Waals surface area contributed by atoms with E-state index in [-0.39, 0.29) is 17.1 Å². The molecule has 0 aliphatic carbocycles. The van der Waals surface area contributed by atoms with E-state index in [1.165, 1.54) is 12.1 Å². The minimum Gasteiger partial charge on any atom is -0.453 e. The summed E-state index contributed by atoms with van der Waals surface area (Å²) in [5.74, 6) is -1.44. The molecular formula is C27H22F3NO. The van der Waals surface area contributed by atoms with Crippen LogP contribution in [0.5, 0.6) is 5.75 Å². The zero-order chi connectivity index (χ0) is 22.8. The second-order valence-electron chi connectivity index (χ2n) is 8.91. The van der Waals surface area contributed by atoms with Gasteiger partial charge in [0.1, 0.15) is 17.4 Å². The molecule has 0 saturated carbocycles. The van der Waals surface area contributed by atoms with Gasteiger partial charge in [-0.1, -0.05) is 24.3 Å². The molecule has 0 bridgehead atoms. The monoisotopic (exact) mass is 433 g/mol. The Hall–Kier alpha value is -3.47. The highest BCUT2D eigenvalue weighted by molar-refractivity contribution is 6.00. The van der Waals surface area contributed by atoms with Crippen LogP contribution in [-0.4, -0.2) is 5.54 Å². The zero-order valence-electron chi connectivity index (χ0n) is 18.2. The van der Waals surface area contributed by atoms with Crippen molar-refractivity contribution in [2.75, 3.05) is 5.32 Å². The number of anilines is 1. The van der Waals surface area contributed by atoms with Crippen LogP contribution in [0.4, 0.5) is 18.9 Å². The van der Waals surface area contributed by atoms with Crippen molar-refractivity contribution in [3.8, 4) is 16.9 Å². The summed E-state index contributed by atoms with van der Waals surface area (Å²) in [7, 11) is 0. The van der Waals surface area contributed by atoms with Gasteiger partial charge in [0.05, 0.1) is 5.54 Å². The van der Waals surface area contributed by atoms with Gasteiger partial charge in [-0.15, -0.1) is 0 Å². The Labute approximate surface area is 185 Å². The number of benzene rings is 3. The quantitative estimate of drug-likeness (QED) is 0.427. The van der Waals surface area contributed by atoms with E-state index in [1.807, 2.05) is 19.1 Å². The van der Waals surface area contributed by atoms with Gasteiger partial charge in [-0.2, -0.15) is 0 Å². The number of allylic oxidation sites excluding steroid dienone is 1. The van der Waals surface area contributed by atoms with E-state index in [1.54, 1.807) is 25.1 Å². The summed E-state index contributed by atoms with van der Waals surface area (Å²) in [6.45, 7) is 7.84. The average Bonchev–Trinajstić information content (AvgIpc) is 2.70. The lowest BCUT2D eigenvalue weighted by atomic mass is 9.83. The standard InChI is InChI=1S/C27H22F3NO/c1-14-13-27(3,4)31-22-9-8-18-19-11-17(28)12-21(30)26(19)32-23(25(18)24(14)22)10-16-6-5-7-20(29)15(16)2/h5-13,31H,1-4H3/b23-10-. The lowest BCUT2D eigenvalue weighted by Crippen LogP contribution is -2.32. The number of hydrogen-bond acceptors (Lipinski definition) is 2. The molecule has 2 heterocycles. The first-order valence-electron chi connectivity index (χ1n) is 10.4. The summed E-state index contributed by atoms with van der Waals surface area (Å²) in [4.78, 5) is 0. The lowest BCUT2D eigenvalue weighted by molar-refractivity contribution is 0.460. The maximum atomic E-state index is 14.7. The Morgan fingerprint density at radius 3 is 2.47 bits per heavy atom. The highest BCUT2D eigenvalue weighted by Gasteiger charge is 2.32. The number of rotatable bonds is 1. The van der Waals surface area contributed by atoms with Crippen molar-refractivity contribution in [1.29, 1.82) is 0 Å². The SMILES string of the molecule is CC1=CC(C)(C)Nc2ccc3c(c21)/C(=C/c1cccc(F)c1C)Oc1c(F)cc(F)cc1-3. The molecule has 3 aromatic rings. The van der Waals surface area contributed by atoms with E-state index < -0.39 is 11.6 Å². The summed E-state index contributed by atoms with van der Waals surface area (Å²) >= 11 is 0. The fourth-order valence-corrected chi connectivity index (χ4v) is 4.64. The van der Waals surface area contributed by atoms with Crippen molar-refractivity contribution in [3.05, 3.63) is 88.2 Å². The summed E-state index contributed by atoms with van der Waals surface area (Å²) in [6, 6.07) is 10.7. The van der Waals surface area contributed by atoms with Crippen molar-refractivity contribution >= 4 is 23.1 Å². The molecule has 0 radical (unpaired) electrons. The van der Waals surface area contributed by atoms with Crippen LogP contribution >= 0.6 is 0 Å². The highest BCUT2D eigenvalue weighted by Crippen LogP contribution is 2.50. The van der Waals surface area contributed by atoms with Crippen LogP contribution < -0.4 is 10.1 Å². The molecular weight excluding hydrogens is 411 g/mol. The topological polar surface area (TPSA) is 21.3 Å². The Morgan fingerprint density at radius 1 is 0.906 bits per heavy atom. The molecule has 0 fully saturated rings. The summed E-state index contributed by atoms with van der Waals surface area (Å²) < 4.78 is 49.1. The molecule has 5 heteroatoms. The van der Waals surface area contributed by atoms with Crippen molar-refractivity contribution in [3.63, 3.8) is 0 Å². The number of nitrogens with one attached hydrogen (secondary N) is 1. The second kappa shape index (κ2) is 7.02. The van der Waals surface area contributed by atoms with Crippen molar-refractivity contribution in [2.45, 2.75) is 33.2 Å². The zero-order valence-corrected chi connectivity index (χ0v) is 18.2. The summed E-state index contributed by atoms with van der Waals surface area (Å²) in [6.07, 6.45) is 3.83. The minimum atomic E-state index is -0.781. The number of fused-ring (bicyclic) bond motifs is 5. The van der Waals surface area contributed by atoms with Crippen LogP contribution in [0.2, 0.25) is 0 Å². The molecule has 2 aliphatic rings. The third-order valence-electron chi connectivity index (χ3n) is 5.99. The third-order valence-corrected chi connectivity index (χ3v) is 5.99. The lowest BCUT2D eigenvalue weighted by Gasteiger charge is -2.35. The van der Waals surface area contributed by atoms with Crippen LogP contribution in [0.1, 0.15) is 43.0 Å². The summed E-state index contributed by atoms with van der Waals surface area (Å²) in [5, 5.41) is 3.50. The fraction of sp³-hybridized carbons (Fsp3) is 0.185. The Balaban J connectivity index is 1.84. The molecule has 0 aromatic heterocycles. The first-order chi connectivity index (χ1) is 15.1. The van der Waals surface area contributed by atoms with Gasteiger partial charge >= 0.3 is 0 Å². The van der Waals surface area contributed by atoms with Gasteiger partial charge < -0.3 is 10.1 Å². The van der Waals surface area contributed by atoms with E-state index in [4.69, 9.17) is 4.74 Å². The van der Waals surface area contributed by atoms with Gasteiger partial charge in [-0.05, 0) is 74.2 Å². The van der Waals surface area contributed by atoms with Crippen molar-refractivity contribution in [2.24, 2.45) is 0 Å². The maximum absolute atomic E-state index is 14.7. The predicted molar refractivity (Wildman–Crippen MR) is 123 cm³/mol. The number of hydrogen-bond donors (Lipinski definition) is 1. The molecule has 32 heavy (non-hydrogen) atoms. The van der Waals surface area contributed by atoms with Gasteiger partial charge in [-0.25, -0.2) is 13.2 Å².